The van der Waals surface area contributed by atoms with Gasteiger partial charge >= 0.3 is 12.2 Å². The summed E-state index contributed by atoms with van der Waals surface area (Å²) < 4.78 is 38.6. The predicted octanol–water partition coefficient (Wildman–Crippen LogP) is 4.30. The van der Waals surface area contributed by atoms with Crippen LogP contribution in [0.2, 0.25) is 5.02 Å². The van der Waals surface area contributed by atoms with Crippen LogP contribution >= 0.6 is 11.6 Å². The fourth-order valence-corrected chi connectivity index (χ4v) is 3.88. The summed E-state index contributed by atoms with van der Waals surface area (Å²) in [6.07, 6.45) is -3.71. The summed E-state index contributed by atoms with van der Waals surface area (Å²) in [7, 11) is 0. The molecule has 0 aliphatic carbocycles. The van der Waals surface area contributed by atoms with Crippen LogP contribution in [0.15, 0.2) is 53.5 Å². The number of aliphatic imine (C=N–C) groups is 1. The molecule has 1 fully saturated rings. The van der Waals surface area contributed by atoms with Crippen molar-refractivity contribution in [3.63, 3.8) is 0 Å². The lowest BCUT2D eigenvalue weighted by atomic mass is 9.98. The molecule has 0 bridgehead atoms. The van der Waals surface area contributed by atoms with Gasteiger partial charge in [-0.05, 0) is 30.3 Å². The van der Waals surface area contributed by atoms with Gasteiger partial charge < -0.3 is 15.5 Å². The quantitative estimate of drug-likeness (QED) is 0.716. The molecule has 2 heterocycles. The average molecular weight is 451 g/mol. The predicted molar refractivity (Wildman–Crippen MR) is 110 cm³/mol. The molecule has 1 saturated heterocycles. The number of rotatable bonds is 2. The molecule has 3 amide bonds. The number of anilines is 1. The number of benzene rings is 2. The Kier molecular flexibility index (Phi) is 5.38. The van der Waals surface area contributed by atoms with Gasteiger partial charge in [0.2, 0.25) is 0 Å². The van der Waals surface area contributed by atoms with E-state index in [0.717, 1.165) is 12.1 Å². The highest BCUT2D eigenvalue weighted by Gasteiger charge is 2.43. The van der Waals surface area contributed by atoms with Gasteiger partial charge in [0.25, 0.3) is 5.91 Å². The number of amides is 3. The number of likely N-dealkylation sites (tertiary alicyclic amines) is 1. The first kappa shape index (κ1) is 21.2. The van der Waals surface area contributed by atoms with Gasteiger partial charge in [-0.3, -0.25) is 9.79 Å². The third-order valence-corrected chi connectivity index (χ3v) is 5.54. The Bertz CT molecular complexity index is 1060. The van der Waals surface area contributed by atoms with Crippen LogP contribution in [0, 0.1) is 0 Å². The summed E-state index contributed by atoms with van der Waals surface area (Å²) in [5.41, 5.74) is -0.659. The Morgan fingerprint density at radius 3 is 2.52 bits per heavy atom. The maximum absolute atomic E-state index is 12.9. The van der Waals surface area contributed by atoms with Crippen molar-refractivity contribution in [2.45, 2.75) is 24.7 Å². The number of halogens is 4. The van der Waals surface area contributed by atoms with Crippen molar-refractivity contribution in [3.8, 4) is 0 Å². The van der Waals surface area contributed by atoms with Gasteiger partial charge in [0.15, 0.2) is 0 Å². The number of piperidine rings is 1. The smallest absolute Gasteiger partial charge is 0.326 e. The van der Waals surface area contributed by atoms with Gasteiger partial charge in [0.1, 0.15) is 11.4 Å². The van der Waals surface area contributed by atoms with Crippen LogP contribution in [0.3, 0.4) is 0 Å². The second-order valence-corrected chi connectivity index (χ2v) is 7.89. The number of urea groups is 1. The molecule has 2 N–H and O–H groups in total. The van der Waals surface area contributed by atoms with Crippen LogP contribution in [0.4, 0.5) is 23.7 Å². The lowest BCUT2D eigenvalue weighted by Crippen LogP contribution is -2.53. The van der Waals surface area contributed by atoms with E-state index in [1.54, 1.807) is 24.3 Å². The third kappa shape index (κ3) is 4.51. The van der Waals surface area contributed by atoms with Gasteiger partial charge in [0.05, 0.1) is 5.56 Å². The van der Waals surface area contributed by atoms with Crippen molar-refractivity contribution in [2.75, 3.05) is 18.4 Å². The Balaban J connectivity index is 1.42. The molecular formula is C21H18ClF3N4O2. The highest BCUT2D eigenvalue weighted by molar-refractivity contribution is 6.47. The van der Waals surface area contributed by atoms with E-state index in [1.165, 1.54) is 17.0 Å². The van der Waals surface area contributed by atoms with Crippen molar-refractivity contribution in [1.29, 1.82) is 0 Å². The molecule has 2 aromatic rings. The lowest BCUT2D eigenvalue weighted by Gasteiger charge is -2.37. The fourth-order valence-electron chi connectivity index (χ4n) is 3.69. The normalized spacial score (nSPS) is 18.0. The van der Waals surface area contributed by atoms with Crippen LogP contribution in [-0.2, 0) is 11.0 Å². The summed E-state index contributed by atoms with van der Waals surface area (Å²) in [5, 5.41) is 5.90. The molecule has 0 radical (unpaired) electrons. The molecule has 2 aliphatic heterocycles. The molecule has 10 heteroatoms. The zero-order valence-corrected chi connectivity index (χ0v) is 16.9. The van der Waals surface area contributed by atoms with E-state index < -0.39 is 23.4 Å². The first-order valence-corrected chi connectivity index (χ1v) is 9.95. The van der Waals surface area contributed by atoms with Gasteiger partial charge in [-0.2, -0.15) is 13.2 Å². The van der Waals surface area contributed by atoms with Crippen molar-refractivity contribution in [3.05, 3.63) is 64.7 Å². The summed E-state index contributed by atoms with van der Waals surface area (Å²) in [6, 6.07) is 10.8. The van der Waals surface area contributed by atoms with E-state index in [4.69, 9.17) is 11.6 Å². The van der Waals surface area contributed by atoms with Crippen molar-refractivity contribution in [2.24, 2.45) is 4.99 Å². The SMILES string of the molecule is O=C1NC2(CCN(C(=O)Nc3cccc(C(F)(F)F)c3)CC2)N=C1c1cccc(Cl)c1. The standard InChI is InChI=1S/C21H18ClF3N4O2/c22-15-5-1-3-13(11-15)17-18(30)28-20(27-17)7-9-29(10-8-20)19(31)26-16-6-2-4-14(12-16)21(23,24)25/h1-6,11-12H,7-10H2,(H,26,31)(H,28,30). The number of carbonyl (C=O) groups excluding carboxylic acids is 2. The van der Waals surface area contributed by atoms with E-state index >= 15 is 0 Å². The minimum absolute atomic E-state index is 0.0653. The van der Waals surface area contributed by atoms with Crippen LogP contribution in [0.1, 0.15) is 24.0 Å². The molecule has 2 aliphatic rings. The lowest BCUT2D eigenvalue weighted by molar-refractivity contribution is -0.137. The maximum atomic E-state index is 12.9. The van der Waals surface area contributed by atoms with Gasteiger partial charge in [-0.25, -0.2) is 4.79 Å². The number of nitrogens with zero attached hydrogens (tertiary/aromatic N) is 2. The zero-order chi connectivity index (χ0) is 22.2. The summed E-state index contributed by atoms with van der Waals surface area (Å²) >= 11 is 6.00. The Hall–Kier alpha value is -3.07. The van der Waals surface area contributed by atoms with Gasteiger partial charge in [-0.15, -0.1) is 0 Å². The minimum atomic E-state index is -4.49. The van der Waals surface area contributed by atoms with Crippen molar-refractivity contribution >= 4 is 34.9 Å². The van der Waals surface area contributed by atoms with Crippen molar-refractivity contribution < 1.29 is 22.8 Å². The molecule has 31 heavy (non-hydrogen) atoms. The Morgan fingerprint density at radius 1 is 1.13 bits per heavy atom. The molecule has 2 aromatic carbocycles. The third-order valence-electron chi connectivity index (χ3n) is 5.30. The first-order chi connectivity index (χ1) is 14.7. The van der Waals surface area contributed by atoms with Crippen LogP contribution in [0.25, 0.3) is 0 Å². The first-order valence-electron chi connectivity index (χ1n) is 9.57. The molecule has 0 atom stereocenters. The minimum Gasteiger partial charge on any atom is -0.326 e. The van der Waals surface area contributed by atoms with Gasteiger partial charge in [0, 0.05) is 42.2 Å². The Morgan fingerprint density at radius 2 is 1.84 bits per heavy atom. The molecule has 1 spiro atoms. The van der Waals surface area contributed by atoms with E-state index in [0.29, 0.717) is 29.1 Å². The van der Waals surface area contributed by atoms with Gasteiger partial charge in [-0.1, -0.05) is 29.8 Å². The topological polar surface area (TPSA) is 73.8 Å². The molecule has 0 unspecified atom stereocenters. The van der Waals surface area contributed by atoms with E-state index in [1.807, 2.05) is 0 Å². The number of alkyl halides is 3. The van der Waals surface area contributed by atoms with Crippen LogP contribution in [-0.4, -0.2) is 41.3 Å². The Labute approximate surface area is 181 Å². The molecule has 0 saturated carbocycles. The maximum Gasteiger partial charge on any atom is 0.416 e. The van der Waals surface area contributed by atoms with E-state index in [2.05, 4.69) is 15.6 Å². The number of hydrogen-bond acceptors (Lipinski definition) is 3. The molecule has 4 rings (SSSR count). The summed E-state index contributed by atoms with van der Waals surface area (Å²) in [6.45, 7) is 0.578. The van der Waals surface area contributed by atoms with Crippen LogP contribution in [0.5, 0.6) is 0 Å². The van der Waals surface area contributed by atoms with Crippen molar-refractivity contribution in [1.82, 2.24) is 10.2 Å². The molecule has 0 aromatic heterocycles. The average Bonchev–Trinajstić information content (AvgIpc) is 3.04. The van der Waals surface area contributed by atoms with E-state index in [9.17, 15) is 22.8 Å². The number of nitrogens with one attached hydrogen (secondary N) is 2. The number of hydrogen-bond donors (Lipinski definition) is 2. The van der Waals surface area contributed by atoms with E-state index in [-0.39, 0.29) is 24.7 Å². The second-order valence-electron chi connectivity index (χ2n) is 7.45. The highest BCUT2D eigenvalue weighted by atomic mass is 35.5. The highest BCUT2D eigenvalue weighted by Crippen LogP contribution is 2.32. The summed E-state index contributed by atoms with van der Waals surface area (Å²) in [4.78, 5) is 31.1. The monoisotopic (exact) mass is 450 g/mol. The molecule has 6 nitrogen and oxygen atoms in total. The number of carbonyl (C=O) groups is 2. The zero-order valence-electron chi connectivity index (χ0n) is 16.2. The largest absolute Gasteiger partial charge is 0.416 e. The van der Waals surface area contributed by atoms with Crippen LogP contribution < -0.4 is 10.6 Å². The fraction of sp³-hybridized carbons (Fsp3) is 0.286. The summed E-state index contributed by atoms with van der Waals surface area (Å²) in [5.74, 6) is -0.302. The second kappa shape index (κ2) is 7.88. The molecule has 162 valence electrons. The molecular weight excluding hydrogens is 433 g/mol.